The summed E-state index contributed by atoms with van der Waals surface area (Å²) < 4.78 is 0. The minimum atomic E-state index is -0.0625. The number of aliphatic hydroxyl groups excluding tert-OH is 1. The van der Waals surface area contributed by atoms with Crippen molar-refractivity contribution in [3.8, 4) is 6.07 Å². The fourth-order valence-corrected chi connectivity index (χ4v) is 4.95. The Hall–Kier alpha value is -2.75. The van der Waals surface area contributed by atoms with Gasteiger partial charge in [0.15, 0.2) is 0 Å². The number of halogens is 1. The van der Waals surface area contributed by atoms with Crippen molar-refractivity contribution in [2.45, 2.75) is 38.3 Å². The van der Waals surface area contributed by atoms with Gasteiger partial charge in [0, 0.05) is 55.3 Å². The molecule has 2 aliphatic heterocycles. The molecule has 0 radical (unpaired) electrons. The Balaban J connectivity index is 1.35. The number of anilines is 2. The first kappa shape index (κ1) is 22.4. The lowest BCUT2D eigenvalue weighted by Crippen LogP contribution is -2.37. The van der Waals surface area contributed by atoms with Gasteiger partial charge in [0.05, 0.1) is 10.6 Å². The number of aliphatic hydroxyl groups is 1. The smallest absolute Gasteiger partial charge is 0.251 e. The van der Waals surface area contributed by atoms with Crippen LogP contribution in [-0.2, 0) is 0 Å². The highest BCUT2D eigenvalue weighted by Gasteiger charge is 2.30. The molecule has 1 amide bonds. The van der Waals surface area contributed by atoms with E-state index in [1.54, 1.807) is 6.07 Å². The highest BCUT2D eigenvalue weighted by atomic mass is 35.5. The molecule has 2 aromatic rings. The lowest BCUT2D eigenvalue weighted by Gasteiger charge is -2.32. The summed E-state index contributed by atoms with van der Waals surface area (Å²) in [5.74, 6) is 0.345. The summed E-state index contributed by atoms with van der Waals surface area (Å²) in [5, 5.41) is 22.0. The molecule has 2 N–H and O–H groups in total. The number of rotatable bonds is 5. The Kier molecular flexibility index (Phi) is 6.88. The zero-order valence-corrected chi connectivity index (χ0v) is 19.1. The Morgan fingerprint density at radius 1 is 1.19 bits per heavy atom. The van der Waals surface area contributed by atoms with Gasteiger partial charge in [-0.2, -0.15) is 5.26 Å². The third-order valence-corrected chi connectivity index (χ3v) is 6.99. The van der Waals surface area contributed by atoms with E-state index in [2.05, 4.69) is 28.1 Å². The molecule has 0 saturated carbocycles. The number of nitrogens with one attached hydrogen (secondary N) is 1. The van der Waals surface area contributed by atoms with Gasteiger partial charge < -0.3 is 20.2 Å². The molecule has 6 nitrogen and oxygen atoms in total. The van der Waals surface area contributed by atoms with Crippen molar-refractivity contribution in [1.29, 1.82) is 5.26 Å². The highest BCUT2D eigenvalue weighted by Crippen LogP contribution is 2.29. The molecule has 2 heterocycles. The fourth-order valence-electron chi connectivity index (χ4n) is 4.73. The van der Waals surface area contributed by atoms with E-state index in [4.69, 9.17) is 16.9 Å². The fraction of sp³-hybridized carbons (Fsp3) is 0.440. The SMILES string of the molecule is CC1CC(NC(=O)c2ccc(N3CCC(CO)CC3)cc2)CN1c1ccc(C#N)c(Cl)c1. The maximum absolute atomic E-state index is 12.8. The molecule has 0 spiro atoms. The van der Waals surface area contributed by atoms with E-state index in [9.17, 15) is 9.90 Å². The van der Waals surface area contributed by atoms with Crippen LogP contribution in [0.4, 0.5) is 11.4 Å². The average Bonchev–Trinajstić information content (AvgIpc) is 3.19. The van der Waals surface area contributed by atoms with Crippen LogP contribution in [-0.4, -0.2) is 49.3 Å². The van der Waals surface area contributed by atoms with E-state index >= 15 is 0 Å². The van der Waals surface area contributed by atoms with Gasteiger partial charge in [-0.05, 0) is 74.6 Å². The lowest BCUT2D eigenvalue weighted by atomic mass is 9.97. The van der Waals surface area contributed by atoms with Gasteiger partial charge in [-0.15, -0.1) is 0 Å². The normalized spacial score (nSPS) is 21.4. The topological polar surface area (TPSA) is 79.6 Å². The first-order valence-electron chi connectivity index (χ1n) is 11.2. The van der Waals surface area contributed by atoms with E-state index < -0.39 is 0 Å². The molecule has 7 heteroatoms. The molecule has 4 rings (SSSR count). The van der Waals surface area contributed by atoms with Crippen LogP contribution >= 0.6 is 11.6 Å². The number of amides is 1. The van der Waals surface area contributed by atoms with Crippen molar-refractivity contribution in [2.24, 2.45) is 5.92 Å². The van der Waals surface area contributed by atoms with Crippen molar-refractivity contribution in [1.82, 2.24) is 5.32 Å². The van der Waals surface area contributed by atoms with Crippen molar-refractivity contribution in [3.05, 3.63) is 58.6 Å². The van der Waals surface area contributed by atoms with Gasteiger partial charge in [0.1, 0.15) is 6.07 Å². The van der Waals surface area contributed by atoms with Gasteiger partial charge in [0.2, 0.25) is 0 Å². The van der Waals surface area contributed by atoms with E-state index in [0.29, 0.717) is 28.6 Å². The quantitative estimate of drug-likeness (QED) is 0.721. The molecule has 2 fully saturated rings. The van der Waals surface area contributed by atoms with Gasteiger partial charge in [-0.25, -0.2) is 0 Å². The van der Waals surface area contributed by atoms with Crippen LogP contribution in [0.2, 0.25) is 5.02 Å². The Bertz CT molecular complexity index is 996. The molecule has 32 heavy (non-hydrogen) atoms. The number of hydrogen-bond donors (Lipinski definition) is 2. The second-order valence-electron chi connectivity index (χ2n) is 8.84. The second kappa shape index (κ2) is 9.81. The number of carbonyl (C=O) groups excluding carboxylic acids is 1. The zero-order valence-electron chi connectivity index (χ0n) is 18.3. The van der Waals surface area contributed by atoms with Crippen LogP contribution < -0.4 is 15.1 Å². The second-order valence-corrected chi connectivity index (χ2v) is 9.25. The summed E-state index contributed by atoms with van der Waals surface area (Å²) in [6, 6.07) is 15.7. The zero-order chi connectivity index (χ0) is 22.7. The molecule has 2 aliphatic rings. The first-order chi connectivity index (χ1) is 15.5. The van der Waals surface area contributed by atoms with Gasteiger partial charge in [0.25, 0.3) is 5.91 Å². The van der Waals surface area contributed by atoms with E-state index in [0.717, 1.165) is 43.7 Å². The summed E-state index contributed by atoms with van der Waals surface area (Å²) in [6.45, 7) is 4.97. The molecule has 2 unspecified atom stereocenters. The monoisotopic (exact) mass is 452 g/mol. The highest BCUT2D eigenvalue weighted by molar-refractivity contribution is 6.32. The van der Waals surface area contributed by atoms with E-state index in [1.807, 2.05) is 36.4 Å². The molecule has 0 aliphatic carbocycles. The summed E-state index contributed by atoms with van der Waals surface area (Å²) in [5.41, 5.74) is 3.21. The van der Waals surface area contributed by atoms with E-state index in [1.165, 1.54) is 0 Å². The summed E-state index contributed by atoms with van der Waals surface area (Å²) in [4.78, 5) is 17.4. The summed E-state index contributed by atoms with van der Waals surface area (Å²) in [7, 11) is 0. The maximum atomic E-state index is 12.8. The number of benzene rings is 2. The van der Waals surface area contributed by atoms with E-state index in [-0.39, 0.29) is 24.6 Å². The summed E-state index contributed by atoms with van der Waals surface area (Å²) >= 11 is 6.21. The molecule has 2 saturated heterocycles. The van der Waals surface area contributed by atoms with Crippen LogP contribution in [0.15, 0.2) is 42.5 Å². The minimum Gasteiger partial charge on any atom is -0.396 e. The van der Waals surface area contributed by atoms with Gasteiger partial charge in [-0.3, -0.25) is 4.79 Å². The molecule has 2 atom stereocenters. The Labute approximate surface area is 194 Å². The van der Waals surface area contributed by atoms with Crippen LogP contribution in [0.25, 0.3) is 0 Å². The molecular formula is C25H29ClN4O2. The predicted octanol–water partition coefficient (Wildman–Crippen LogP) is 3.82. The number of carbonyl (C=O) groups is 1. The third kappa shape index (κ3) is 4.85. The largest absolute Gasteiger partial charge is 0.396 e. The first-order valence-corrected chi connectivity index (χ1v) is 11.6. The number of hydrogen-bond acceptors (Lipinski definition) is 5. The van der Waals surface area contributed by atoms with Gasteiger partial charge in [-0.1, -0.05) is 11.6 Å². The van der Waals surface area contributed by atoms with Crippen LogP contribution in [0.1, 0.15) is 42.1 Å². The number of nitrogens with zero attached hydrogens (tertiary/aromatic N) is 3. The standard InChI is InChI=1S/C25H29ClN4O2/c1-17-12-21(15-30(17)23-7-4-20(14-27)24(26)13-23)28-25(32)19-2-5-22(6-3-19)29-10-8-18(16-31)9-11-29/h2-7,13,17-18,21,31H,8-12,15-16H2,1H3,(H,28,32). The molecule has 168 valence electrons. The van der Waals surface area contributed by atoms with Crippen molar-refractivity contribution < 1.29 is 9.90 Å². The van der Waals surface area contributed by atoms with Crippen molar-refractivity contribution in [3.63, 3.8) is 0 Å². The number of nitriles is 1. The Morgan fingerprint density at radius 2 is 1.88 bits per heavy atom. The Morgan fingerprint density at radius 3 is 2.50 bits per heavy atom. The molecule has 0 bridgehead atoms. The number of piperidine rings is 1. The summed E-state index contributed by atoms with van der Waals surface area (Å²) in [6.07, 6.45) is 2.85. The lowest BCUT2D eigenvalue weighted by molar-refractivity contribution is 0.0940. The van der Waals surface area contributed by atoms with Crippen LogP contribution in [0, 0.1) is 17.2 Å². The van der Waals surface area contributed by atoms with Gasteiger partial charge >= 0.3 is 0 Å². The van der Waals surface area contributed by atoms with Crippen LogP contribution in [0.3, 0.4) is 0 Å². The molecular weight excluding hydrogens is 424 g/mol. The average molecular weight is 453 g/mol. The van der Waals surface area contributed by atoms with Crippen molar-refractivity contribution in [2.75, 3.05) is 36.0 Å². The maximum Gasteiger partial charge on any atom is 0.251 e. The third-order valence-electron chi connectivity index (χ3n) is 6.68. The molecule has 2 aromatic carbocycles. The van der Waals surface area contributed by atoms with Crippen molar-refractivity contribution >= 4 is 28.9 Å². The molecule has 0 aromatic heterocycles. The van der Waals surface area contributed by atoms with Crippen LogP contribution in [0.5, 0.6) is 0 Å². The predicted molar refractivity (Wildman–Crippen MR) is 127 cm³/mol. The minimum absolute atomic E-state index is 0.0455.